The van der Waals surface area contributed by atoms with E-state index >= 15 is 0 Å². The molecule has 3 unspecified atom stereocenters. The highest BCUT2D eigenvalue weighted by atomic mass is 16.7. The lowest BCUT2D eigenvalue weighted by atomic mass is 9.81. The quantitative estimate of drug-likeness (QED) is 0.572. The van der Waals surface area contributed by atoms with Crippen molar-refractivity contribution >= 4 is 5.97 Å². The zero-order chi connectivity index (χ0) is 19.2. The van der Waals surface area contributed by atoms with Crippen LogP contribution in [-0.4, -0.2) is 31.1 Å². The first kappa shape index (κ1) is 21.1. The van der Waals surface area contributed by atoms with Crippen molar-refractivity contribution in [2.75, 3.05) is 6.61 Å². The molecule has 0 radical (unpaired) electrons. The molecule has 0 aromatic carbocycles. The molecule has 0 N–H and O–H groups in total. The molecule has 4 nitrogen and oxygen atoms in total. The topological polar surface area (TPSA) is 44.8 Å². The van der Waals surface area contributed by atoms with Crippen LogP contribution in [0.1, 0.15) is 91.4 Å². The van der Waals surface area contributed by atoms with Crippen LogP contribution >= 0.6 is 0 Å². The summed E-state index contributed by atoms with van der Waals surface area (Å²) in [7, 11) is 0. The summed E-state index contributed by atoms with van der Waals surface area (Å²) in [5.74, 6) is 1.93. The molecule has 3 fully saturated rings. The molecule has 3 rings (SSSR count). The molecule has 0 aromatic heterocycles. The van der Waals surface area contributed by atoms with Crippen molar-refractivity contribution in [3.05, 3.63) is 0 Å². The Bertz CT molecular complexity index is 449. The number of ether oxygens (including phenoxy) is 3. The maximum atomic E-state index is 12.6. The third-order valence-electron chi connectivity index (χ3n) is 7.28. The molecule has 156 valence electrons. The van der Waals surface area contributed by atoms with Gasteiger partial charge in [0, 0.05) is 11.8 Å². The Kier molecular flexibility index (Phi) is 8.01. The zero-order valence-electron chi connectivity index (χ0n) is 17.7. The van der Waals surface area contributed by atoms with Crippen molar-refractivity contribution in [3.8, 4) is 0 Å². The second-order valence-corrected chi connectivity index (χ2v) is 9.19. The van der Waals surface area contributed by atoms with E-state index in [4.69, 9.17) is 14.2 Å². The number of hydrogen-bond donors (Lipinski definition) is 0. The fraction of sp³-hybridized carbons (Fsp3) is 0.957. The van der Waals surface area contributed by atoms with E-state index in [1.54, 1.807) is 0 Å². The lowest BCUT2D eigenvalue weighted by Gasteiger charge is -2.40. The molecule has 3 atom stereocenters. The van der Waals surface area contributed by atoms with Gasteiger partial charge in [-0.2, -0.15) is 0 Å². The first-order valence-electron chi connectivity index (χ1n) is 11.6. The normalized spacial score (nSPS) is 40.5. The van der Waals surface area contributed by atoms with E-state index in [1.165, 1.54) is 25.7 Å². The van der Waals surface area contributed by atoms with Crippen LogP contribution in [0.2, 0.25) is 0 Å². The molecule has 0 spiro atoms. The van der Waals surface area contributed by atoms with Crippen LogP contribution in [0.25, 0.3) is 0 Å². The molecule has 0 bridgehead atoms. The van der Waals surface area contributed by atoms with E-state index in [-0.39, 0.29) is 30.4 Å². The highest BCUT2D eigenvalue weighted by molar-refractivity contribution is 5.72. The van der Waals surface area contributed by atoms with Crippen LogP contribution in [0.5, 0.6) is 0 Å². The van der Waals surface area contributed by atoms with Gasteiger partial charge in [0.25, 0.3) is 0 Å². The molecule has 1 heterocycles. The van der Waals surface area contributed by atoms with Crippen molar-refractivity contribution < 1.29 is 19.0 Å². The van der Waals surface area contributed by atoms with Crippen LogP contribution in [0.15, 0.2) is 0 Å². The summed E-state index contributed by atoms with van der Waals surface area (Å²) in [6.07, 6.45) is 12.5. The van der Waals surface area contributed by atoms with Gasteiger partial charge in [0.05, 0.1) is 18.6 Å². The minimum Gasteiger partial charge on any atom is -0.462 e. The SMILES string of the molecule is CCC[C@H]1CC[C@H](OC(=O)[C@H]2CC[C@H](C3OCC(CC)C(C)O3)CC2)CC1. The van der Waals surface area contributed by atoms with Gasteiger partial charge in [-0.1, -0.05) is 26.7 Å². The number of esters is 1. The fourth-order valence-corrected chi connectivity index (χ4v) is 5.25. The summed E-state index contributed by atoms with van der Waals surface area (Å²) in [5, 5.41) is 0. The van der Waals surface area contributed by atoms with Gasteiger partial charge in [-0.25, -0.2) is 0 Å². The summed E-state index contributed by atoms with van der Waals surface area (Å²) >= 11 is 0. The maximum Gasteiger partial charge on any atom is 0.309 e. The minimum absolute atomic E-state index is 0.0530. The van der Waals surface area contributed by atoms with E-state index in [2.05, 4.69) is 20.8 Å². The Morgan fingerprint density at radius 2 is 1.70 bits per heavy atom. The van der Waals surface area contributed by atoms with Crippen molar-refractivity contribution in [2.45, 2.75) is 110 Å². The summed E-state index contributed by atoms with van der Waals surface area (Å²) in [6, 6.07) is 0. The van der Waals surface area contributed by atoms with Gasteiger partial charge in [-0.15, -0.1) is 0 Å². The van der Waals surface area contributed by atoms with Crippen molar-refractivity contribution in [1.82, 2.24) is 0 Å². The van der Waals surface area contributed by atoms with Gasteiger partial charge in [-0.3, -0.25) is 4.79 Å². The Balaban J connectivity index is 1.37. The van der Waals surface area contributed by atoms with Crippen LogP contribution in [-0.2, 0) is 19.0 Å². The highest BCUT2D eigenvalue weighted by Gasteiger charge is 2.37. The molecule has 2 aliphatic carbocycles. The molecule has 4 heteroatoms. The largest absolute Gasteiger partial charge is 0.462 e. The first-order valence-corrected chi connectivity index (χ1v) is 11.6. The van der Waals surface area contributed by atoms with E-state index in [0.717, 1.165) is 57.5 Å². The summed E-state index contributed by atoms with van der Waals surface area (Å²) in [4.78, 5) is 12.6. The predicted octanol–water partition coefficient (Wildman–Crippen LogP) is 5.48. The number of rotatable bonds is 6. The molecule has 27 heavy (non-hydrogen) atoms. The van der Waals surface area contributed by atoms with Gasteiger partial charge in [-0.05, 0) is 70.6 Å². The Morgan fingerprint density at radius 1 is 1.00 bits per heavy atom. The summed E-state index contributed by atoms with van der Waals surface area (Å²) in [6.45, 7) is 7.43. The fourth-order valence-electron chi connectivity index (χ4n) is 5.25. The lowest BCUT2D eigenvalue weighted by Crippen LogP contribution is -2.43. The van der Waals surface area contributed by atoms with Gasteiger partial charge >= 0.3 is 5.97 Å². The van der Waals surface area contributed by atoms with E-state index in [0.29, 0.717) is 11.8 Å². The number of carbonyl (C=O) groups excluding carboxylic acids is 1. The Labute approximate surface area is 165 Å². The summed E-state index contributed by atoms with van der Waals surface area (Å²) < 4.78 is 18.0. The molecule has 0 aromatic rings. The van der Waals surface area contributed by atoms with Crippen LogP contribution in [0, 0.1) is 23.7 Å². The van der Waals surface area contributed by atoms with Crippen molar-refractivity contribution in [3.63, 3.8) is 0 Å². The molecule has 1 aliphatic heterocycles. The minimum atomic E-state index is -0.0754. The molecule has 0 amide bonds. The van der Waals surface area contributed by atoms with Gasteiger partial charge < -0.3 is 14.2 Å². The average Bonchev–Trinajstić information content (AvgIpc) is 2.70. The monoisotopic (exact) mass is 380 g/mol. The lowest BCUT2D eigenvalue weighted by molar-refractivity contribution is -0.257. The maximum absolute atomic E-state index is 12.6. The van der Waals surface area contributed by atoms with E-state index in [9.17, 15) is 4.79 Å². The Morgan fingerprint density at radius 3 is 2.30 bits per heavy atom. The van der Waals surface area contributed by atoms with Crippen molar-refractivity contribution in [2.24, 2.45) is 23.7 Å². The second kappa shape index (κ2) is 10.2. The molecule has 2 saturated carbocycles. The average molecular weight is 381 g/mol. The number of hydrogen-bond acceptors (Lipinski definition) is 4. The molecule has 1 saturated heterocycles. The zero-order valence-corrected chi connectivity index (χ0v) is 17.7. The van der Waals surface area contributed by atoms with E-state index in [1.807, 2.05) is 0 Å². The van der Waals surface area contributed by atoms with Crippen LogP contribution in [0.3, 0.4) is 0 Å². The highest BCUT2D eigenvalue weighted by Crippen LogP contribution is 2.37. The van der Waals surface area contributed by atoms with Gasteiger partial charge in [0.2, 0.25) is 0 Å². The third-order valence-corrected chi connectivity index (χ3v) is 7.28. The Hall–Kier alpha value is -0.610. The smallest absolute Gasteiger partial charge is 0.309 e. The van der Waals surface area contributed by atoms with Gasteiger partial charge in [0.15, 0.2) is 6.29 Å². The molecule has 3 aliphatic rings. The van der Waals surface area contributed by atoms with Crippen LogP contribution in [0.4, 0.5) is 0 Å². The van der Waals surface area contributed by atoms with Crippen molar-refractivity contribution in [1.29, 1.82) is 0 Å². The van der Waals surface area contributed by atoms with E-state index < -0.39 is 0 Å². The molecular formula is C23H40O4. The first-order chi connectivity index (χ1) is 13.1. The third kappa shape index (κ3) is 5.69. The molecular weight excluding hydrogens is 340 g/mol. The summed E-state index contributed by atoms with van der Waals surface area (Å²) in [5.41, 5.74) is 0. The second-order valence-electron chi connectivity index (χ2n) is 9.19. The van der Waals surface area contributed by atoms with Gasteiger partial charge in [0.1, 0.15) is 6.10 Å². The predicted molar refractivity (Wildman–Crippen MR) is 106 cm³/mol. The standard InChI is InChI=1S/C23H40O4/c1-4-6-17-7-13-21(14-8-17)27-22(24)19-9-11-20(12-10-19)23-25-15-18(5-2)16(3)26-23/h16-21,23H,4-15H2,1-3H3/t16?,17-,18?,19-,20-,21-,23?. The van der Waals surface area contributed by atoms with Crippen LogP contribution < -0.4 is 0 Å². The number of carbonyl (C=O) groups is 1.